The van der Waals surface area contributed by atoms with E-state index >= 15 is 0 Å². The normalized spacial score (nSPS) is 12.2. The highest BCUT2D eigenvalue weighted by Crippen LogP contribution is 2.24. The molecule has 4 nitrogen and oxygen atoms in total. The number of unbranched alkanes of at least 4 members (excludes halogenated alkanes) is 2. The highest BCUT2D eigenvalue weighted by molar-refractivity contribution is 8.13. The predicted octanol–water partition coefficient (Wildman–Crippen LogP) is 3.70. The fraction of sp³-hybridized carbons (Fsp3) is 0.500. The Morgan fingerprint density at radius 2 is 1.57 bits per heavy atom. The van der Waals surface area contributed by atoms with E-state index in [0.717, 1.165) is 12.1 Å². The van der Waals surface area contributed by atoms with E-state index in [0.29, 0.717) is 31.6 Å². The van der Waals surface area contributed by atoms with Crippen LogP contribution in [0, 0.1) is 0 Å². The van der Waals surface area contributed by atoms with Crippen LogP contribution in [0.4, 0.5) is 13.2 Å². The van der Waals surface area contributed by atoms with Crippen molar-refractivity contribution < 1.29 is 31.1 Å². The van der Waals surface area contributed by atoms with Crippen LogP contribution in [0.2, 0.25) is 0 Å². The lowest BCUT2D eigenvalue weighted by Gasteiger charge is -2.10. The molecule has 0 radical (unpaired) electrons. The van der Waals surface area contributed by atoms with Crippen molar-refractivity contribution in [3.05, 3.63) is 24.3 Å². The summed E-state index contributed by atoms with van der Waals surface area (Å²) < 4.78 is 66.2. The third-order valence-electron chi connectivity index (χ3n) is 2.36. The van der Waals surface area contributed by atoms with Gasteiger partial charge in [-0.25, -0.2) is 8.42 Å². The van der Waals surface area contributed by atoms with Crippen LogP contribution in [-0.2, 0) is 9.05 Å². The fourth-order valence-electron chi connectivity index (χ4n) is 1.48. The molecule has 1 aromatic carbocycles. The van der Waals surface area contributed by atoms with Crippen LogP contribution in [0.1, 0.15) is 19.3 Å². The van der Waals surface area contributed by atoms with Crippen molar-refractivity contribution in [2.75, 3.05) is 12.4 Å². The van der Waals surface area contributed by atoms with Crippen molar-refractivity contribution in [2.24, 2.45) is 0 Å². The zero-order valence-electron chi connectivity index (χ0n) is 10.9. The molecule has 0 spiro atoms. The molecular weight excluding hydrogens is 333 g/mol. The van der Waals surface area contributed by atoms with E-state index < -0.39 is 15.4 Å². The van der Waals surface area contributed by atoms with Crippen molar-refractivity contribution in [1.29, 1.82) is 0 Å². The molecule has 0 heterocycles. The maximum absolute atomic E-state index is 11.9. The molecule has 0 saturated heterocycles. The smallest absolute Gasteiger partial charge is 0.494 e. The summed E-state index contributed by atoms with van der Waals surface area (Å²) in [6.45, 7) is 0.335. The number of halogens is 4. The van der Waals surface area contributed by atoms with Gasteiger partial charge in [-0.2, -0.15) is 0 Å². The van der Waals surface area contributed by atoms with Crippen LogP contribution in [0.3, 0.4) is 0 Å². The van der Waals surface area contributed by atoms with Gasteiger partial charge in [0, 0.05) is 10.7 Å². The molecule has 0 aliphatic carbocycles. The summed E-state index contributed by atoms with van der Waals surface area (Å²) in [7, 11) is 1.59. The first kappa shape index (κ1) is 17.9. The minimum atomic E-state index is -4.72. The van der Waals surface area contributed by atoms with E-state index in [2.05, 4.69) is 4.74 Å². The SMILES string of the molecule is O=S(=O)(Cl)CCCCCOc1ccc(OC(F)(F)F)cc1. The molecule has 0 fully saturated rings. The molecule has 0 amide bonds. The number of rotatable bonds is 8. The lowest BCUT2D eigenvalue weighted by Crippen LogP contribution is -2.16. The van der Waals surface area contributed by atoms with E-state index in [1.54, 1.807) is 0 Å². The summed E-state index contributed by atoms with van der Waals surface area (Å²) in [5, 5.41) is 0. The molecular formula is C12H14ClF3O4S. The van der Waals surface area contributed by atoms with E-state index in [1.807, 2.05) is 0 Å². The molecule has 0 aromatic heterocycles. The Bertz CT molecular complexity index is 528. The van der Waals surface area contributed by atoms with Gasteiger partial charge in [0.25, 0.3) is 0 Å². The largest absolute Gasteiger partial charge is 0.573 e. The second-order valence-electron chi connectivity index (χ2n) is 4.17. The maximum atomic E-state index is 11.9. The van der Waals surface area contributed by atoms with Gasteiger partial charge in [-0.05, 0) is 43.5 Å². The molecule has 0 atom stereocenters. The summed E-state index contributed by atoms with van der Waals surface area (Å²) in [4.78, 5) is 0. The second kappa shape index (κ2) is 7.74. The minimum absolute atomic E-state index is 0.0853. The average molecular weight is 347 g/mol. The summed E-state index contributed by atoms with van der Waals surface area (Å²) in [6, 6.07) is 5.04. The monoisotopic (exact) mass is 346 g/mol. The summed E-state index contributed by atoms with van der Waals surface area (Å²) in [5.41, 5.74) is 0. The van der Waals surface area contributed by atoms with Crippen LogP contribution >= 0.6 is 10.7 Å². The Morgan fingerprint density at radius 1 is 1.00 bits per heavy atom. The highest BCUT2D eigenvalue weighted by atomic mass is 35.7. The quantitative estimate of drug-likeness (QED) is 0.532. The number of ether oxygens (including phenoxy) is 2. The standard InChI is InChI=1S/C12H14ClF3O4S/c13-21(17,18)9-3-1-2-8-19-10-4-6-11(7-5-10)20-12(14,15)16/h4-7H,1-3,8-9H2. The molecule has 9 heteroatoms. The summed E-state index contributed by atoms with van der Waals surface area (Å²) in [5.74, 6) is 0.00884. The molecule has 21 heavy (non-hydrogen) atoms. The molecule has 0 aliphatic rings. The van der Waals surface area contributed by atoms with E-state index in [-0.39, 0.29) is 11.5 Å². The molecule has 1 aromatic rings. The van der Waals surface area contributed by atoms with Crippen LogP contribution < -0.4 is 9.47 Å². The molecule has 0 unspecified atom stereocenters. The molecule has 0 bridgehead atoms. The van der Waals surface area contributed by atoms with E-state index in [4.69, 9.17) is 15.4 Å². The van der Waals surface area contributed by atoms with Crippen molar-refractivity contribution >= 4 is 19.7 Å². The average Bonchev–Trinajstić information content (AvgIpc) is 2.32. The van der Waals surface area contributed by atoms with Crippen LogP contribution in [0.25, 0.3) is 0 Å². The zero-order valence-corrected chi connectivity index (χ0v) is 12.5. The Labute approximate surface area is 125 Å². The van der Waals surface area contributed by atoms with Crippen molar-refractivity contribution in [3.63, 3.8) is 0 Å². The predicted molar refractivity (Wildman–Crippen MR) is 72.1 cm³/mol. The van der Waals surface area contributed by atoms with Gasteiger partial charge in [-0.3, -0.25) is 0 Å². The topological polar surface area (TPSA) is 52.6 Å². The lowest BCUT2D eigenvalue weighted by atomic mass is 10.2. The van der Waals surface area contributed by atoms with E-state index in [1.165, 1.54) is 12.1 Å². The molecule has 1 rings (SSSR count). The first-order chi connectivity index (χ1) is 9.66. The zero-order chi connectivity index (χ0) is 15.9. The van der Waals surface area contributed by atoms with Crippen LogP contribution in [-0.4, -0.2) is 27.1 Å². The van der Waals surface area contributed by atoms with Crippen molar-refractivity contribution in [1.82, 2.24) is 0 Å². The van der Waals surface area contributed by atoms with Gasteiger partial charge >= 0.3 is 6.36 Å². The molecule has 0 aliphatic heterocycles. The molecule has 0 N–H and O–H groups in total. The fourth-order valence-corrected chi connectivity index (χ4v) is 2.36. The first-order valence-corrected chi connectivity index (χ1v) is 8.54. The Hall–Kier alpha value is -1.15. The second-order valence-corrected chi connectivity index (χ2v) is 7.07. The summed E-state index contributed by atoms with van der Waals surface area (Å²) >= 11 is 0. The van der Waals surface area contributed by atoms with Gasteiger partial charge in [0.05, 0.1) is 12.4 Å². The number of alkyl halides is 3. The number of hydrogen-bond acceptors (Lipinski definition) is 4. The Balaban J connectivity index is 2.24. The van der Waals surface area contributed by atoms with Gasteiger partial charge in [0.15, 0.2) is 0 Å². The van der Waals surface area contributed by atoms with Crippen LogP contribution in [0.5, 0.6) is 11.5 Å². The highest BCUT2D eigenvalue weighted by Gasteiger charge is 2.30. The lowest BCUT2D eigenvalue weighted by molar-refractivity contribution is -0.274. The number of benzene rings is 1. The van der Waals surface area contributed by atoms with Crippen LogP contribution in [0.15, 0.2) is 24.3 Å². The minimum Gasteiger partial charge on any atom is -0.494 e. The van der Waals surface area contributed by atoms with Gasteiger partial charge in [0.2, 0.25) is 9.05 Å². The van der Waals surface area contributed by atoms with Gasteiger partial charge in [0.1, 0.15) is 11.5 Å². The van der Waals surface area contributed by atoms with Gasteiger partial charge < -0.3 is 9.47 Å². The third-order valence-corrected chi connectivity index (χ3v) is 3.60. The van der Waals surface area contributed by atoms with E-state index in [9.17, 15) is 21.6 Å². The van der Waals surface area contributed by atoms with Gasteiger partial charge in [-0.1, -0.05) is 0 Å². The Morgan fingerprint density at radius 3 is 2.10 bits per heavy atom. The molecule has 0 saturated carbocycles. The maximum Gasteiger partial charge on any atom is 0.573 e. The first-order valence-electron chi connectivity index (χ1n) is 6.07. The van der Waals surface area contributed by atoms with Crippen molar-refractivity contribution in [3.8, 4) is 11.5 Å². The van der Waals surface area contributed by atoms with Gasteiger partial charge in [-0.15, -0.1) is 13.2 Å². The third kappa shape index (κ3) is 9.41. The number of hydrogen-bond donors (Lipinski definition) is 0. The Kier molecular flexibility index (Phi) is 6.60. The molecule has 120 valence electrons. The summed E-state index contributed by atoms with van der Waals surface area (Å²) in [6.07, 6.45) is -3.03. The van der Waals surface area contributed by atoms with Crippen molar-refractivity contribution in [2.45, 2.75) is 25.6 Å².